The van der Waals surface area contributed by atoms with Crippen LogP contribution in [-0.2, 0) is 11.8 Å². The third-order valence-electron chi connectivity index (χ3n) is 4.78. The Hall–Kier alpha value is -2.02. The molecule has 0 saturated heterocycles. The number of thioether (sulfide) groups is 1. The number of hydrogen-bond acceptors (Lipinski definition) is 5. The van der Waals surface area contributed by atoms with Crippen molar-refractivity contribution in [2.75, 3.05) is 24.7 Å². The van der Waals surface area contributed by atoms with Crippen LogP contribution in [0.25, 0.3) is 11.4 Å². The van der Waals surface area contributed by atoms with Gasteiger partial charge in [0.25, 0.3) is 0 Å². The van der Waals surface area contributed by atoms with Crippen LogP contribution in [0.2, 0.25) is 0 Å². The standard InChI is InChI=1S/C19H27N5OS/c1-23(2)16-11-9-14(10-12-16)18-21-22-19(24(18)3)26-13-17(25)20-15-7-5-4-6-8-15/h9-12,15H,4-8,13H2,1-3H3,(H,20,25). The first kappa shape index (κ1) is 18.8. The molecule has 1 amide bonds. The molecule has 1 aromatic heterocycles. The average Bonchev–Trinajstić information content (AvgIpc) is 3.01. The summed E-state index contributed by atoms with van der Waals surface area (Å²) < 4.78 is 1.95. The molecule has 26 heavy (non-hydrogen) atoms. The van der Waals surface area contributed by atoms with Gasteiger partial charge in [0, 0.05) is 38.4 Å². The highest BCUT2D eigenvalue weighted by Crippen LogP contribution is 2.24. The van der Waals surface area contributed by atoms with Crippen LogP contribution in [0.1, 0.15) is 32.1 Å². The monoisotopic (exact) mass is 373 g/mol. The van der Waals surface area contributed by atoms with Crippen LogP contribution in [0.5, 0.6) is 0 Å². The van der Waals surface area contributed by atoms with E-state index in [-0.39, 0.29) is 5.91 Å². The van der Waals surface area contributed by atoms with Gasteiger partial charge in [0.1, 0.15) is 0 Å². The molecule has 0 bridgehead atoms. The minimum atomic E-state index is 0.0850. The lowest BCUT2D eigenvalue weighted by molar-refractivity contribution is -0.119. The second kappa shape index (κ2) is 8.58. The number of amides is 1. The molecule has 0 aliphatic heterocycles. The molecule has 1 heterocycles. The number of nitrogens with one attached hydrogen (secondary N) is 1. The molecule has 140 valence electrons. The Morgan fingerprint density at radius 1 is 1.19 bits per heavy atom. The summed E-state index contributed by atoms with van der Waals surface area (Å²) in [6.07, 6.45) is 5.94. The highest BCUT2D eigenvalue weighted by molar-refractivity contribution is 7.99. The molecule has 3 rings (SSSR count). The Morgan fingerprint density at radius 2 is 1.88 bits per heavy atom. The highest BCUT2D eigenvalue weighted by atomic mass is 32.2. The summed E-state index contributed by atoms with van der Waals surface area (Å²) in [5.41, 5.74) is 2.16. The van der Waals surface area contributed by atoms with Crippen LogP contribution in [-0.4, -0.2) is 46.6 Å². The van der Waals surface area contributed by atoms with Crippen molar-refractivity contribution in [3.8, 4) is 11.4 Å². The maximum atomic E-state index is 12.2. The van der Waals surface area contributed by atoms with Crippen molar-refractivity contribution in [1.29, 1.82) is 0 Å². The first-order chi connectivity index (χ1) is 12.5. The molecule has 1 aromatic carbocycles. The van der Waals surface area contributed by atoms with Crippen molar-refractivity contribution in [1.82, 2.24) is 20.1 Å². The van der Waals surface area contributed by atoms with Gasteiger partial charge in [-0.2, -0.15) is 0 Å². The van der Waals surface area contributed by atoms with Gasteiger partial charge >= 0.3 is 0 Å². The molecule has 1 aliphatic rings. The molecule has 1 aliphatic carbocycles. The third-order valence-corrected chi connectivity index (χ3v) is 5.80. The normalized spacial score (nSPS) is 15.0. The van der Waals surface area contributed by atoms with Crippen molar-refractivity contribution < 1.29 is 4.79 Å². The Balaban J connectivity index is 1.59. The molecule has 1 fully saturated rings. The maximum absolute atomic E-state index is 12.2. The second-order valence-corrected chi connectivity index (χ2v) is 7.94. The Kier molecular flexibility index (Phi) is 6.19. The lowest BCUT2D eigenvalue weighted by Gasteiger charge is -2.22. The van der Waals surface area contributed by atoms with E-state index in [4.69, 9.17) is 0 Å². The van der Waals surface area contributed by atoms with E-state index < -0.39 is 0 Å². The van der Waals surface area contributed by atoms with Crippen LogP contribution in [0, 0.1) is 0 Å². The van der Waals surface area contributed by atoms with Gasteiger partial charge in [-0.1, -0.05) is 31.0 Å². The quantitative estimate of drug-likeness (QED) is 0.789. The molecular weight excluding hydrogens is 346 g/mol. The zero-order chi connectivity index (χ0) is 18.5. The minimum Gasteiger partial charge on any atom is -0.378 e. The minimum absolute atomic E-state index is 0.0850. The van der Waals surface area contributed by atoms with E-state index in [9.17, 15) is 4.79 Å². The summed E-state index contributed by atoms with van der Waals surface area (Å²) in [7, 11) is 5.98. The smallest absolute Gasteiger partial charge is 0.230 e. The molecule has 2 aromatic rings. The summed E-state index contributed by atoms with van der Waals surface area (Å²) in [5.74, 6) is 1.27. The van der Waals surface area contributed by atoms with Gasteiger partial charge < -0.3 is 14.8 Å². The number of anilines is 1. The van der Waals surface area contributed by atoms with Crippen LogP contribution < -0.4 is 10.2 Å². The van der Waals surface area contributed by atoms with Crippen molar-refractivity contribution in [2.24, 2.45) is 7.05 Å². The zero-order valence-electron chi connectivity index (χ0n) is 15.7. The average molecular weight is 374 g/mol. The fourth-order valence-electron chi connectivity index (χ4n) is 3.25. The zero-order valence-corrected chi connectivity index (χ0v) is 16.6. The van der Waals surface area contributed by atoms with Gasteiger partial charge in [-0.3, -0.25) is 4.79 Å². The molecule has 6 nitrogen and oxygen atoms in total. The third kappa shape index (κ3) is 4.58. The second-order valence-electron chi connectivity index (χ2n) is 7.00. The van der Waals surface area contributed by atoms with E-state index in [1.165, 1.54) is 31.0 Å². The first-order valence-corrected chi connectivity index (χ1v) is 10.1. The number of benzene rings is 1. The first-order valence-electron chi connectivity index (χ1n) is 9.14. The topological polar surface area (TPSA) is 63.1 Å². The SMILES string of the molecule is CN(C)c1ccc(-c2nnc(SCC(=O)NC3CCCCC3)n2C)cc1. The Morgan fingerprint density at radius 3 is 2.54 bits per heavy atom. The van der Waals surface area contributed by atoms with Gasteiger partial charge in [0.2, 0.25) is 5.91 Å². The predicted octanol–water partition coefficient (Wildman–Crippen LogP) is 3.09. The molecule has 1 N–H and O–H groups in total. The number of aromatic nitrogens is 3. The highest BCUT2D eigenvalue weighted by Gasteiger charge is 2.17. The predicted molar refractivity (Wildman–Crippen MR) is 107 cm³/mol. The van der Waals surface area contributed by atoms with E-state index in [1.54, 1.807) is 0 Å². The molecule has 1 saturated carbocycles. The van der Waals surface area contributed by atoms with E-state index >= 15 is 0 Å². The fraction of sp³-hybridized carbons (Fsp3) is 0.526. The molecule has 0 radical (unpaired) electrons. The van der Waals surface area contributed by atoms with Crippen LogP contribution >= 0.6 is 11.8 Å². The van der Waals surface area contributed by atoms with E-state index in [1.807, 2.05) is 37.8 Å². The molecule has 0 spiro atoms. The van der Waals surface area contributed by atoms with Crippen LogP contribution in [0.15, 0.2) is 29.4 Å². The molecular formula is C19H27N5OS. The Labute approximate surface area is 159 Å². The largest absolute Gasteiger partial charge is 0.378 e. The summed E-state index contributed by atoms with van der Waals surface area (Å²) in [6.45, 7) is 0. The molecule has 0 unspecified atom stereocenters. The van der Waals surface area contributed by atoms with Crippen molar-refractivity contribution in [2.45, 2.75) is 43.3 Å². The van der Waals surface area contributed by atoms with Gasteiger partial charge in [-0.05, 0) is 37.1 Å². The lowest BCUT2D eigenvalue weighted by atomic mass is 9.95. The fourth-order valence-corrected chi connectivity index (χ4v) is 3.97. The molecule has 0 atom stereocenters. The van der Waals surface area contributed by atoms with Crippen molar-refractivity contribution in [3.63, 3.8) is 0 Å². The Bertz CT molecular complexity index is 735. The van der Waals surface area contributed by atoms with Crippen LogP contribution in [0.3, 0.4) is 0 Å². The van der Waals surface area contributed by atoms with Gasteiger partial charge in [-0.15, -0.1) is 10.2 Å². The number of nitrogens with zero attached hydrogens (tertiary/aromatic N) is 4. The molecule has 7 heteroatoms. The van der Waals surface area contributed by atoms with Gasteiger partial charge in [0.15, 0.2) is 11.0 Å². The summed E-state index contributed by atoms with van der Waals surface area (Å²) >= 11 is 1.44. The summed E-state index contributed by atoms with van der Waals surface area (Å²) in [4.78, 5) is 14.2. The van der Waals surface area contributed by atoms with Crippen molar-refractivity contribution >= 4 is 23.4 Å². The van der Waals surface area contributed by atoms with E-state index in [0.29, 0.717) is 11.8 Å². The summed E-state index contributed by atoms with van der Waals surface area (Å²) in [5, 5.41) is 12.5. The van der Waals surface area contributed by atoms with Gasteiger partial charge in [-0.25, -0.2) is 0 Å². The number of rotatable bonds is 6. The number of hydrogen-bond donors (Lipinski definition) is 1. The maximum Gasteiger partial charge on any atom is 0.230 e. The van der Waals surface area contributed by atoms with Crippen LogP contribution in [0.4, 0.5) is 5.69 Å². The van der Waals surface area contributed by atoms with Gasteiger partial charge in [0.05, 0.1) is 5.75 Å². The number of carbonyl (C=O) groups is 1. The summed E-state index contributed by atoms with van der Waals surface area (Å²) in [6, 6.07) is 8.57. The lowest BCUT2D eigenvalue weighted by Crippen LogP contribution is -2.37. The number of carbonyl (C=O) groups excluding carboxylic acids is 1. The van der Waals surface area contributed by atoms with E-state index in [2.05, 4.69) is 32.5 Å². The van der Waals surface area contributed by atoms with E-state index in [0.717, 1.165) is 35.1 Å². The van der Waals surface area contributed by atoms with Crippen molar-refractivity contribution in [3.05, 3.63) is 24.3 Å².